The second-order valence-corrected chi connectivity index (χ2v) is 3.79. The fourth-order valence-electron chi connectivity index (χ4n) is 0.791. The normalized spacial score (nSPS) is 9.92. The number of halogens is 2. The number of aldehydes is 1. The highest BCUT2D eigenvalue weighted by atomic mass is 35.5. The Morgan fingerprint density at radius 3 is 2.50 bits per heavy atom. The zero-order valence-electron chi connectivity index (χ0n) is 6.30. The third kappa shape index (κ3) is 1.94. The van der Waals surface area contributed by atoms with Gasteiger partial charge in [-0.05, 0) is 18.4 Å². The molecule has 0 amide bonds. The number of carbonyl (C=O) groups is 1. The van der Waals surface area contributed by atoms with Crippen LogP contribution in [0.25, 0.3) is 0 Å². The summed E-state index contributed by atoms with van der Waals surface area (Å²) in [4.78, 5) is 11.3. The summed E-state index contributed by atoms with van der Waals surface area (Å²) < 4.78 is 0. The summed E-state index contributed by atoms with van der Waals surface area (Å²) in [5.41, 5.74) is 0.430. The first-order valence-electron chi connectivity index (χ1n) is 3.17. The highest BCUT2D eigenvalue weighted by molar-refractivity contribution is 7.98. The second kappa shape index (κ2) is 4.17. The van der Waals surface area contributed by atoms with Crippen LogP contribution in [0.2, 0.25) is 10.0 Å². The highest BCUT2D eigenvalue weighted by Crippen LogP contribution is 2.30. The lowest BCUT2D eigenvalue weighted by Crippen LogP contribution is -1.83. The Balaban J connectivity index is 3.25. The fourth-order valence-corrected chi connectivity index (χ4v) is 1.96. The molecule has 1 rings (SSSR count). The van der Waals surface area contributed by atoms with E-state index in [9.17, 15) is 4.79 Å². The van der Waals surface area contributed by atoms with Gasteiger partial charge in [-0.2, -0.15) is 0 Å². The molecule has 12 heavy (non-hydrogen) atoms. The minimum absolute atomic E-state index is 0.430. The third-order valence-electron chi connectivity index (χ3n) is 1.40. The lowest BCUT2D eigenvalue weighted by molar-refractivity contribution is 0.112. The van der Waals surface area contributed by atoms with Crippen molar-refractivity contribution in [1.82, 2.24) is 0 Å². The molecule has 0 unspecified atom stereocenters. The van der Waals surface area contributed by atoms with Crippen molar-refractivity contribution in [3.63, 3.8) is 0 Å². The number of carbonyl (C=O) groups excluding carboxylic acids is 1. The van der Waals surface area contributed by atoms with Crippen LogP contribution in [-0.4, -0.2) is 12.5 Å². The van der Waals surface area contributed by atoms with Gasteiger partial charge in [0, 0.05) is 10.5 Å². The molecule has 4 heteroatoms. The van der Waals surface area contributed by atoms with Gasteiger partial charge < -0.3 is 0 Å². The van der Waals surface area contributed by atoms with Crippen LogP contribution >= 0.6 is 35.0 Å². The van der Waals surface area contributed by atoms with Crippen LogP contribution in [0.5, 0.6) is 0 Å². The molecule has 0 N–H and O–H groups in total. The number of hydrogen-bond donors (Lipinski definition) is 0. The van der Waals surface area contributed by atoms with Crippen molar-refractivity contribution in [2.45, 2.75) is 4.90 Å². The maximum Gasteiger partial charge on any atom is 0.151 e. The number of rotatable bonds is 2. The molecule has 0 aliphatic carbocycles. The zero-order chi connectivity index (χ0) is 9.14. The summed E-state index contributed by atoms with van der Waals surface area (Å²) in [6.45, 7) is 0. The van der Waals surface area contributed by atoms with Gasteiger partial charge in [0.25, 0.3) is 0 Å². The van der Waals surface area contributed by atoms with Gasteiger partial charge in [0.15, 0.2) is 6.29 Å². The molecule has 0 atom stereocenters. The summed E-state index contributed by atoms with van der Waals surface area (Å²) in [6, 6.07) is 3.26. The maximum atomic E-state index is 10.4. The first-order valence-corrected chi connectivity index (χ1v) is 5.15. The van der Waals surface area contributed by atoms with Gasteiger partial charge in [0.1, 0.15) is 0 Å². The Morgan fingerprint density at radius 1 is 1.33 bits per heavy atom. The van der Waals surface area contributed by atoms with Crippen molar-refractivity contribution < 1.29 is 4.79 Å². The molecule has 0 spiro atoms. The molecule has 1 aromatic rings. The first-order chi connectivity index (χ1) is 5.69. The van der Waals surface area contributed by atoms with E-state index in [2.05, 4.69) is 0 Å². The molecule has 0 saturated heterocycles. The monoisotopic (exact) mass is 220 g/mol. The number of thioether (sulfide) groups is 1. The molecule has 0 saturated carbocycles. The van der Waals surface area contributed by atoms with Gasteiger partial charge in [-0.1, -0.05) is 23.2 Å². The van der Waals surface area contributed by atoms with Crippen LogP contribution in [0.15, 0.2) is 17.0 Å². The van der Waals surface area contributed by atoms with Gasteiger partial charge in [-0.15, -0.1) is 11.8 Å². The van der Waals surface area contributed by atoms with Crippen molar-refractivity contribution in [1.29, 1.82) is 0 Å². The smallest absolute Gasteiger partial charge is 0.151 e. The summed E-state index contributed by atoms with van der Waals surface area (Å²) in [6.07, 6.45) is 2.59. The molecular weight excluding hydrogens is 215 g/mol. The van der Waals surface area contributed by atoms with E-state index in [1.165, 1.54) is 11.8 Å². The predicted octanol–water partition coefficient (Wildman–Crippen LogP) is 3.53. The van der Waals surface area contributed by atoms with Crippen molar-refractivity contribution in [3.05, 3.63) is 27.7 Å². The van der Waals surface area contributed by atoms with Crippen molar-refractivity contribution in [3.8, 4) is 0 Å². The van der Waals surface area contributed by atoms with E-state index < -0.39 is 0 Å². The van der Waals surface area contributed by atoms with Gasteiger partial charge in [0.05, 0.1) is 10.0 Å². The highest BCUT2D eigenvalue weighted by Gasteiger charge is 2.05. The molecule has 1 nitrogen and oxygen atoms in total. The minimum atomic E-state index is 0.430. The molecule has 0 aliphatic heterocycles. The Morgan fingerprint density at radius 2 is 2.00 bits per heavy atom. The number of hydrogen-bond acceptors (Lipinski definition) is 2. The maximum absolute atomic E-state index is 10.4. The van der Waals surface area contributed by atoms with E-state index in [0.29, 0.717) is 21.9 Å². The molecule has 0 aliphatic rings. The average molecular weight is 221 g/mol. The zero-order valence-corrected chi connectivity index (χ0v) is 8.63. The second-order valence-electron chi connectivity index (χ2n) is 2.13. The van der Waals surface area contributed by atoms with E-state index in [-0.39, 0.29) is 0 Å². The van der Waals surface area contributed by atoms with Crippen molar-refractivity contribution in [2.24, 2.45) is 0 Å². The Kier molecular flexibility index (Phi) is 3.44. The standard InChI is InChI=1S/C8H6Cl2OS/c1-12-8-3-6(9)5(4-11)2-7(8)10/h2-4H,1H3. The largest absolute Gasteiger partial charge is 0.298 e. The lowest BCUT2D eigenvalue weighted by Gasteiger charge is -2.02. The van der Waals surface area contributed by atoms with Gasteiger partial charge in [-0.3, -0.25) is 4.79 Å². The topological polar surface area (TPSA) is 17.1 Å². The molecule has 0 heterocycles. The van der Waals surface area contributed by atoms with Gasteiger partial charge in [0.2, 0.25) is 0 Å². The van der Waals surface area contributed by atoms with Crippen LogP contribution in [0, 0.1) is 0 Å². The van der Waals surface area contributed by atoms with E-state index in [1.54, 1.807) is 12.1 Å². The van der Waals surface area contributed by atoms with Crippen LogP contribution in [0.4, 0.5) is 0 Å². The Labute approximate surface area is 85.1 Å². The molecule has 0 fully saturated rings. The molecule has 64 valence electrons. The Bertz CT molecular complexity index is 312. The summed E-state index contributed by atoms with van der Waals surface area (Å²) in [5.74, 6) is 0. The summed E-state index contributed by atoms with van der Waals surface area (Å²) in [5, 5.41) is 1.01. The SMILES string of the molecule is CSc1cc(Cl)c(C=O)cc1Cl. The molecule has 1 aromatic carbocycles. The number of benzene rings is 1. The third-order valence-corrected chi connectivity index (χ3v) is 2.93. The Hall–Kier alpha value is -0.180. The predicted molar refractivity (Wildman–Crippen MR) is 53.6 cm³/mol. The van der Waals surface area contributed by atoms with Crippen LogP contribution in [0.1, 0.15) is 10.4 Å². The van der Waals surface area contributed by atoms with E-state index in [0.717, 1.165) is 4.90 Å². The molecule has 0 bridgehead atoms. The lowest BCUT2D eigenvalue weighted by atomic mass is 10.2. The average Bonchev–Trinajstić information content (AvgIpc) is 2.08. The van der Waals surface area contributed by atoms with E-state index in [1.807, 2.05) is 6.26 Å². The van der Waals surface area contributed by atoms with E-state index in [4.69, 9.17) is 23.2 Å². The van der Waals surface area contributed by atoms with Crippen LogP contribution in [-0.2, 0) is 0 Å². The minimum Gasteiger partial charge on any atom is -0.298 e. The summed E-state index contributed by atoms with van der Waals surface area (Å²) >= 11 is 13.1. The first kappa shape index (κ1) is 9.90. The molecular formula is C8H6Cl2OS. The quantitative estimate of drug-likeness (QED) is 0.561. The van der Waals surface area contributed by atoms with Gasteiger partial charge in [-0.25, -0.2) is 0 Å². The summed E-state index contributed by atoms with van der Waals surface area (Å²) in [7, 11) is 0. The fraction of sp³-hybridized carbons (Fsp3) is 0.125. The van der Waals surface area contributed by atoms with Crippen molar-refractivity contribution >= 4 is 41.2 Å². The molecule has 0 radical (unpaired) electrons. The van der Waals surface area contributed by atoms with E-state index >= 15 is 0 Å². The van der Waals surface area contributed by atoms with Crippen LogP contribution in [0.3, 0.4) is 0 Å². The molecule has 0 aromatic heterocycles. The van der Waals surface area contributed by atoms with Crippen LogP contribution < -0.4 is 0 Å². The van der Waals surface area contributed by atoms with Crippen molar-refractivity contribution in [2.75, 3.05) is 6.26 Å². The van der Waals surface area contributed by atoms with Gasteiger partial charge >= 0.3 is 0 Å².